The highest BCUT2D eigenvalue weighted by atomic mass is 32.2. The first-order chi connectivity index (χ1) is 14.9. The van der Waals surface area contributed by atoms with Gasteiger partial charge in [0.2, 0.25) is 5.91 Å². The third kappa shape index (κ3) is 7.75. The molecule has 0 saturated heterocycles. The molecule has 1 aromatic carbocycles. The van der Waals surface area contributed by atoms with E-state index in [9.17, 15) is 9.59 Å². The van der Waals surface area contributed by atoms with Crippen LogP contribution in [0.1, 0.15) is 52.4 Å². The molecular weight excluding hydrogens is 467 g/mol. The zero-order valence-corrected chi connectivity index (χ0v) is 21.0. The quantitative estimate of drug-likeness (QED) is 0.275. The van der Waals surface area contributed by atoms with Crippen LogP contribution >= 0.6 is 46.2 Å². The number of nitrogens with zero attached hydrogens (tertiary/aromatic N) is 2. The van der Waals surface area contributed by atoms with E-state index in [1.807, 2.05) is 12.1 Å². The maximum Gasteiger partial charge on any atom is 0.216 e. The predicted molar refractivity (Wildman–Crippen MR) is 132 cm³/mol. The first-order valence-corrected chi connectivity index (χ1v) is 13.6. The molecule has 0 radical (unpaired) electrons. The monoisotopic (exact) mass is 491 g/mol. The summed E-state index contributed by atoms with van der Waals surface area (Å²) in [5.74, 6) is 1.80. The second-order valence-electron chi connectivity index (χ2n) is 7.23. The summed E-state index contributed by atoms with van der Waals surface area (Å²) in [5.41, 5.74) is 2.61. The topological polar surface area (TPSA) is 72.0 Å². The van der Waals surface area contributed by atoms with E-state index in [4.69, 9.17) is 0 Å². The smallest absolute Gasteiger partial charge is 0.216 e. The van der Waals surface area contributed by atoms with Crippen molar-refractivity contribution in [3.8, 4) is 0 Å². The molecule has 164 valence electrons. The summed E-state index contributed by atoms with van der Waals surface area (Å²) in [4.78, 5) is 25.3. The van der Waals surface area contributed by atoms with Crippen LogP contribution in [0.25, 0.3) is 0 Å². The average Bonchev–Trinajstić information content (AvgIpc) is 3.40. The minimum Gasteiger partial charge on any atom is -0.356 e. The van der Waals surface area contributed by atoms with E-state index in [-0.39, 0.29) is 11.7 Å². The summed E-state index contributed by atoms with van der Waals surface area (Å²) < 4.78 is 1.73. The second-order valence-corrected chi connectivity index (χ2v) is 11.8. The molecule has 0 unspecified atom stereocenters. The molecule has 1 N–H and O–H groups in total. The highest BCUT2D eigenvalue weighted by Crippen LogP contribution is 2.31. The molecule has 0 fully saturated rings. The Hall–Kier alpha value is -1.68. The summed E-state index contributed by atoms with van der Waals surface area (Å²) in [7, 11) is 0. The molecule has 1 amide bonds. The van der Waals surface area contributed by atoms with Crippen molar-refractivity contribution in [1.29, 1.82) is 0 Å². The Balaban J connectivity index is 1.44. The molecule has 0 aliphatic carbocycles. The Morgan fingerprint density at radius 2 is 1.71 bits per heavy atom. The third-order valence-corrected chi connectivity index (χ3v) is 8.85. The lowest BCUT2D eigenvalue weighted by atomic mass is 10.0. The van der Waals surface area contributed by atoms with E-state index in [1.54, 1.807) is 11.8 Å². The number of nitrogens with one attached hydrogen (secondary N) is 1. The molecule has 0 aliphatic heterocycles. The molecule has 5 nitrogen and oxygen atoms in total. The minimum atomic E-state index is -0.0390. The molecule has 2 heterocycles. The van der Waals surface area contributed by atoms with Crippen LogP contribution in [0.2, 0.25) is 0 Å². The molecular formula is C22H25N3O2S4. The summed E-state index contributed by atoms with van der Waals surface area (Å²) in [6.07, 6.45) is 0.738. The van der Waals surface area contributed by atoms with E-state index < -0.39 is 0 Å². The molecule has 0 aliphatic rings. The Bertz CT molecular complexity index is 1010. The SMILES string of the molecule is CC(=O)NCCc1ccc(C(=O)CSc2nnc(SCc3ccc(C(C)C)cc3)s2)s1. The zero-order valence-electron chi connectivity index (χ0n) is 17.7. The highest BCUT2D eigenvalue weighted by Gasteiger charge is 2.13. The van der Waals surface area contributed by atoms with Gasteiger partial charge in [-0.05, 0) is 35.6 Å². The number of carbonyl (C=O) groups is 2. The number of thioether (sulfide) groups is 2. The van der Waals surface area contributed by atoms with Crippen molar-refractivity contribution in [3.63, 3.8) is 0 Å². The fourth-order valence-corrected chi connectivity index (χ4v) is 6.58. The normalized spacial score (nSPS) is 11.1. The van der Waals surface area contributed by atoms with E-state index in [1.165, 1.54) is 52.5 Å². The van der Waals surface area contributed by atoms with Gasteiger partial charge in [0.05, 0.1) is 10.6 Å². The predicted octanol–water partition coefficient (Wildman–Crippen LogP) is 5.67. The molecule has 0 spiro atoms. The van der Waals surface area contributed by atoms with Crippen LogP contribution in [-0.4, -0.2) is 34.2 Å². The van der Waals surface area contributed by atoms with Crippen LogP contribution in [0.5, 0.6) is 0 Å². The lowest BCUT2D eigenvalue weighted by Gasteiger charge is -2.05. The van der Waals surface area contributed by atoms with Crippen molar-refractivity contribution >= 4 is 57.9 Å². The molecule has 2 aromatic heterocycles. The first kappa shape index (κ1) is 24.0. The molecule has 0 bridgehead atoms. The number of carbonyl (C=O) groups excluding carboxylic acids is 2. The molecule has 31 heavy (non-hydrogen) atoms. The Labute approximate surface area is 199 Å². The number of thiophene rings is 1. The third-order valence-electron chi connectivity index (χ3n) is 4.41. The highest BCUT2D eigenvalue weighted by molar-refractivity contribution is 8.03. The Morgan fingerprint density at radius 3 is 2.39 bits per heavy atom. The average molecular weight is 492 g/mol. The van der Waals surface area contributed by atoms with Crippen LogP contribution in [0, 0.1) is 0 Å². The van der Waals surface area contributed by atoms with Crippen molar-refractivity contribution in [2.24, 2.45) is 0 Å². The van der Waals surface area contributed by atoms with Crippen LogP contribution in [0.4, 0.5) is 0 Å². The van der Waals surface area contributed by atoms with Gasteiger partial charge < -0.3 is 5.32 Å². The standard InChI is InChI=1S/C22H25N3O2S4/c1-14(2)17-6-4-16(5-7-17)12-28-21-24-25-22(31-21)29-13-19(27)20-9-8-18(30-20)10-11-23-15(3)26/h4-9,14H,10-13H2,1-3H3,(H,23,26). The van der Waals surface area contributed by atoms with Gasteiger partial charge in [-0.3, -0.25) is 9.59 Å². The van der Waals surface area contributed by atoms with Gasteiger partial charge in [-0.2, -0.15) is 0 Å². The number of ketones is 1. The van der Waals surface area contributed by atoms with Crippen LogP contribution < -0.4 is 5.32 Å². The van der Waals surface area contributed by atoms with Gasteiger partial charge in [0.25, 0.3) is 0 Å². The summed E-state index contributed by atoms with van der Waals surface area (Å²) in [6.45, 7) is 6.48. The van der Waals surface area contributed by atoms with Gasteiger partial charge in [0.15, 0.2) is 14.5 Å². The zero-order chi connectivity index (χ0) is 22.2. The summed E-state index contributed by atoms with van der Waals surface area (Å²) in [6, 6.07) is 12.5. The summed E-state index contributed by atoms with van der Waals surface area (Å²) in [5, 5.41) is 11.2. The van der Waals surface area contributed by atoms with Gasteiger partial charge in [-0.15, -0.1) is 21.5 Å². The van der Waals surface area contributed by atoms with Gasteiger partial charge in [0, 0.05) is 24.1 Å². The molecule has 9 heteroatoms. The lowest BCUT2D eigenvalue weighted by molar-refractivity contribution is -0.118. The minimum absolute atomic E-state index is 0.0390. The number of amides is 1. The molecule has 0 saturated carbocycles. The number of rotatable bonds is 11. The van der Waals surface area contributed by atoms with Gasteiger partial charge in [-0.25, -0.2) is 0 Å². The lowest BCUT2D eigenvalue weighted by Crippen LogP contribution is -2.22. The number of hydrogen-bond acceptors (Lipinski definition) is 8. The van der Waals surface area contributed by atoms with E-state index in [2.05, 4.69) is 53.6 Å². The Kier molecular flexibility index (Phi) is 9.13. The van der Waals surface area contributed by atoms with E-state index in [0.29, 0.717) is 18.2 Å². The second kappa shape index (κ2) is 11.8. The van der Waals surface area contributed by atoms with Crippen LogP contribution in [0.3, 0.4) is 0 Å². The van der Waals surface area contributed by atoms with Crippen molar-refractivity contribution in [2.45, 2.75) is 47.5 Å². The largest absolute Gasteiger partial charge is 0.356 e. The van der Waals surface area contributed by atoms with E-state index in [0.717, 1.165) is 30.6 Å². The van der Waals surface area contributed by atoms with Gasteiger partial charge in [0.1, 0.15) is 0 Å². The summed E-state index contributed by atoms with van der Waals surface area (Å²) >= 11 is 6.13. The van der Waals surface area contributed by atoms with Crippen molar-refractivity contribution in [3.05, 3.63) is 57.3 Å². The van der Waals surface area contributed by atoms with Gasteiger partial charge in [-0.1, -0.05) is 73.0 Å². The number of hydrogen-bond donors (Lipinski definition) is 1. The maximum absolute atomic E-state index is 12.5. The van der Waals surface area contributed by atoms with Crippen molar-refractivity contribution in [2.75, 3.05) is 12.3 Å². The van der Waals surface area contributed by atoms with Crippen molar-refractivity contribution < 1.29 is 9.59 Å². The number of aromatic nitrogens is 2. The fourth-order valence-electron chi connectivity index (χ4n) is 2.68. The van der Waals surface area contributed by atoms with Crippen LogP contribution in [-0.2, 0) is 17.0 Å². The molecule has 0 atom stereocenters. The fraction of sp³-hybridized carbons (Fsp3) is 0.364. The van der Waals surface area contributed by atoms with Crippen LogP contribution in [0.15, 0.2) is 45.1 Å². The number of benzene rings is 1. The van der Waals surface area contributed by atoms with Crippen molar-refractivity contribution in [1.82, 2.24) is 15.5 Å². The number of Topliss-reactive ketones (excluding diaryl/α,β-unsaturated/α-hetero) is 1. The Morgan fingerprint density at radius 1 is 1.00 bits per heavy atom. The van der Waals surface area contributed by atoms with Gasteiger partial charge >= 0.3 is 0 Å². The maximum atomic E-state index is 12.5. The molecule has 3 aromatic rings. The molecule has 3 rings (SSSR count). The van der Waals surface area contributed by atoms with E-state index >= 15 is 0 Å². The first-order valence-electron chi connectivity index (χ1n) is 9.95.